The molecular weight excluding hydrogens is 420 g/mol. The molecular formula is C27H38O6. The smallest absolute Gasteiger partial charge is 0.333 e. The highest BCUT2D eigenvalue weighted by Gasteiger charge is 2.73. The molecule has 2 bridgehead atoms. The van der Waals surface area contributed by atoms with Gasteiger partial charge in [-0.15, -0.1) is 0 Å². The van der Waals surface area contributed by atoms with Crippen molar-refractivity contribution in [1.82, 2.24) is 0 Å². The van der Waals surface area contributed by atoms with Crippen molar-refractivity contribution in [3.05, 3.63) is 23.8 Å². The zero-order chi connectivity index (χ0) is 24.3. The number of carbonyl (C=O) groups excluding carboxylic acids is 2. The highest BCUT2D eigenvalue weighted by Crippen LogP contribution is 2.73. The van der Waals surface area contributed by atoms with E-state index in [4.69, 9.17) is 9.47 Å². The third-order valence-electron chi connectivity index (χ3n) is 10.0. The molecule has 0 aliphatic heterocycles. The zero-order valence-electron chi connectivity index (χ0n) is 20.6. The lowest BCUT2D eigenvalue weighted by Crippen LogP contribution is -2.64. The van der Waals surface area contributed by atoms with Gasteiger partial charge in [-0.25, -0.2) is 4.79 Å². The molecule has 182 valence electrons. The van der Waals surface area contributed by atoms with Gasteiger partial charge >= 0.3 is 17.9 Å². The van der Waals surface area contributed by atoms with E-state index >= 15 is 0 Å². The molecule has 8 atom stereocenters. The van der Waals surface area contributed by atoms with E-state index in [1.54, 1.807) is 13.0 Å². The number of rotatable bonds is 4. The Morgan fingerprint density at radius 2 is 1.73 bits per heavy atom. The van der Waals surface area contributed by atoms with Crippen LogP contribution in [-0.2, 0) is 23.9 Å². The molecule has 4 saturated carbocycles. The second-order valence-corrected chi connectivity index (χ2v) is 11.4. The van der Waals surface area contributed by atoms with Crippen molar-refractivity contribution in [3.8, 4) is 0 Å². The second-order valence-electron chi connectivity index (χ2n) is 11.4. The summed E-state index contributed by atoms with van der Waals surface area (Å²) in [6, 6.07) is 0. The molecule has 0 unspecified atom stereocenters. The Morgan fingerprint density at radius 1 is 1.03 bits per heavy atom. The van der Waals surface area contributed by atoms with Crippen LogP contribution in [0, 0.1) is 34.0 Å². The minimum atomic E-state index is -0.772. The minimum absolute atomic E-state index is 0.0314. The Kier molecular flexibility index (Phi) is 5.82. The fourth-order valence-corrected chi connectivity index (χ4v) is 8.48. The van der Waals surface area contributed by atoms with Gasteiger partial charge in [-0.1, -0.05) is 26.0 Å². The Labute approximate surface area is 196 Å². The maximum absolute atomic E-state index is 12.9. The van der Waals surface area contributed by atoms with E-state index < -0.39 is 22.9 Å². The lowest BCUT2D eigenvalue weighted by atomic mass is 9.40. The molecule has 4 aliphatic carbocycles. The minimum Gasteiger partial charge on any atom is -0.481 e. The number of hydrogen-bond donors (Lipinski definition) is 1. The van der Waals surface area contributed by atoms with Crippen molar-refractivity contribution < 1.29 is 29.0 Å². The molecule has 33 heavy (non-hydrogen) atoms. The van der Waals surface area contributed by atoms with Crippen molar-refractivity contribution in [2.75, 3.05) is 0 Å². The van der Waals surface area contributed by atoms with Crippen LogP contribution in [0.1, 0.15) is 79.6 Å². The summed E-state index contributed by atoms with van der Waals surface area (Å²) in [4.78, 5) is 37.5. The molecule has 0 aromatic carbocycles. The molecule has 0 aromatic heterocycles. The number of fused-ring (bicyclic) bond motifs is 3. The summed E-state index contributed by atoms with van der Waals surface area (Å²) in [5, 5.41) is 10.2. The van der Waals surface area contributed by atoms with Crippen LogP contribution in [0.5, 0.6) is 0 Å². The number of ether oxygens (including phenoxy) is 2. The Bertz CT molecular complexity index is 920. The maximum Gasteiger partial charge on any atom is 0.333 e. The average molecular weight is 459 g/mol. The molecule has 6 nitrogen and oxygen atoms in total. The van der Waals surface area contributed by atoms with Gasteiger partial charge in [-0.2, -0.15) is 0 Å². The van der Waals surface area contributed by atoms with Gasteiger partial charge < -0.3 is 14.6 Å². The number of aliphatic carboxylic acids is 1. The van der Waals surface area contributed by atoms with E-state index in [0.29, 0.717) is 24.8 Å². The predicted octanol–water partition coefficient (Wildman–Crippen LogP) is 5.07. The Hall–Kier alpha value is -2.11. The number of carboxylic acid groups (broad SMARTS) is 1. The lowest BCUT2D eigenvalue weighted by molar-refractivity contribution is -0.224. The molecule has 1 N–H and O–H groups in total. The van der Waals surface area contributed by atoms with Gasteiger partial charge in [-0.05, 0) is 82.1 Å². The van der Waals surface area contributed by atoms with Crippen LogP contribution in [0.15, 0.2) is 23.8 Å². The molecule has 4 rings (SSSR count). The summed E-state index contributed by atoms with van der Waals surface area (Å²) in [6.45, 7) is 13.5. The first kappa shape index (κ1) is 24.0. The molecule has 4 fully saturated rings. The number of hydrogen-bond acceptors (Lipinski definition) is 5. The predicted molar refractivity (Wildman–Crippen MR) is 123 cm³/mol. The third-order valence-corrected chi connectivity index (χ3v) is 10.0. The lowest BCUT2D eigenvalue weighted by Gasteiger charge is -2.64. The van der Waals surface area contributed by atoms with Crippen molar-refractivity contribution >= 4 is 17.9 Å². The number of carboxylic acids is 1. The Balaban J connectivity index is 1.83. The first-order valence-electron chi connectivity index (χ1n) is 12.4. The van der Waals surface area contributed by atoms with E-state index in [0.717, 1.165) is 31.3 Å². The van der Waals surface area contributed by atoms with E-state index in [-0.39, 0.29) is 41.2 Å². The summed E-state index contributed by atoms with van der Waals surface area (Å²) in [6.07, 6.45) is 6.39. The largest absolute Gasteiger partial charge is 0.481 e. The fourth-order valence-electron chi connectivity index (χ4n) is 8.48. The third kappa shape index (κ3) is 3.23. The monoisotopic (exact) mass is 458 g/mol. The average Bonchev–Trinajstić information content (AvgIpc) is 2.86. The van der Waals surface area contributed by atoms with Crippen LogP contribution < -0.4 is 0 Å². The quantitative estimate of drug-likeness (QED) is 0.359. The van der Waals surface area contributed by atoms with Crippen LogP contribution in [0.3, 0.4) is 0 Å². The van der Waals surface area contributed by atoms with E-state index in [2.05, 4.69) is 13.5 Å². The molecule has 0 aromatic rings. The molecule has 0 amide bonds. The van der Waals surface area contributed by atoms with Crippen LogP contribution in [0.4, 0.5) is 0 Å². The van der Waals surface area contributed by atoms with Crippen LogP contribution in [-0.4, -0.2) is 35.2 Å². The maximum atomic E-state index is 12.9. The number of esters is 2. The normalized spacial score (nSPS) is 44.5. The zero-order valence-corrected chi connectivity index (χ0v) is 20.6. The van der Waals surface area contributed by atoms with Gasteiger partial charge in [0.05, 0.1) is 10.8 Å². The molecule has 4 aliphatic rings. The first-order chi connectivity index (χ1) is 15.4. The summed E-state index contributed by atoms with van der Waals surface area (Å²) < 4.78 is 12.2. The summed E-state index contributed by atoms with van der Waals surface area (Å²) in [5.74, 6) is -1.33. The molecule has 0 radical (unpaired) electrons. The highest BCUT2D eigenvalue weighted by atomic mass is 16.6. The standard InChI is InChI=1S/C27H38O6/c1-7-15(2)23(29)33-21-16(3)18-9-10-20-25(5)12-8-13-26(6,24(30)31)19(25)11-14-27(20,21)22(18)32-17(4)28/h7,18-22H,3,8-14H2,1-2,4-6H3,(H,30,31)/b15-7-/t18-,19-,20-,21+,22+,25-,26-,27-/m1/s1. The van der Waals surface area contributed by atoms with E-state index in [1.807, 2.05) is 13.8 Å². The van der Waals surface area contributed by atoms with Gasteiger partial charge in [0.15, 0.2) is 0 Å². The van der Waals surface area contributed by atoms with Crippen molar-refractivity contribution in [2.45, 2.75) is 91.8 Å². The van der Waals surface area contributed by atoms with Gasteiger partial charge in [0.25, 0.3) is 0 Å². The molecule has 6 heteroatoms. The van der Waals surface area contributed by atoms with E-state index in [1.165, 1.54) is 6.92 Å². The van der Waals surface area contributed by atoms with Gasteiger partial charge in [0.1, 0.15) is 12.2 Å². The van der Waals surface area contributed by atoms with E-state index in [9.17, 15) is 19.5 Å². The van der Waals surface area contributed by atoms with Crippen molar-refractivity contribution in [2.24, 2.45) is 34.0 Å². The van der Waals surface area contributed by atoms with Gasteiger partial charge in [0, 0.05) is 18.4 Å². The SMILES string of the molecule is C=C1[C@H]2CC[C@@H]3[C@]4(C)CCC[C@@](C)(C(=O)O)[C@@H]4CC[C@@]3([C@H]1OC(=O)/C(C)=C\C)[C@H]2OC(C)=O. The van der Waals surface area contributed by atoms with Crippen LogP contribution >= 0.6 is 0 Å². The van der Waals surface area contributed by atoms with Gasteiger partial charge in [-0.3, -0.25) is 9.59 Å². The van der Waals surface area contributed by atoms with Crippen molar-refractivity contribution in [3.63, 3.8) is 0 Å². The van der Waals surface area contributed by atoms with Crippen LogP contribution in [0.25, 0.3) is 0 Å². The summed E-state index contributed by atoms with van der Waals surface area (Å²) in [5.41, 5.74) is -0.182. The Morgan fingerprint density at radius 3 is 2.33 bits per heavy atom. The van der Waals surface area contributed by atoms with Crippen molar-refractivity contribution in [1.29, 1.82) is 0 Å². The number of carbonyl (C=O) groups is 3. The summed E-state index contributed by atoms with van der Waals surface area (Å²) >= 11 is 0. The highest BCUT2D eigenvalue weighted by molar-refractivity contribution is 5.88. The molecule has 0 saturated heterocycles. The first-order valence-corrected chi connectivity index (χ1v) is 12.4. The fraction of sp³-hybridized carbons (Fsp3) is 0.741. The topological polar surface area (TPSA) is 89.9 Å². The van der Waals surface area contributed by atoms with Crippen LogP contribution in [0.2, 0.25) is 0 Å². The molecule has 0 heterocycles. The summed E-state index contributed by atoms with van der Waals surface area (Å²) in [7, 11) is 0. The molecule has 1 spiro atoms. The van der Waals surface area contributed by atoms with Gasteiger partial charge in [0.2, 0.25) is 0 Å². The number of allylic oxidation sites excluding steroid dienone is 1. The second kappa shape index (κ2) is 7.99.